The number of carbonyl (C=O) groups is 2. The fraction of sp³-hybridized carbons (Fsp3) is 0.200. The van der Waals surface area contributed by atoms with Crippen molar-refractivity contribution in [2.75, 3.05) is 12.0 Å². The van der Waals surface area contributed by atoms with E-state index in [0.717, 1.165) is 16.7 Å². The van der Waals surface area contributed by atoms with Crippen LogP contribution < -0.4 is 4.90 Å². The number of amides is 1. The number of hydrogen-bond acceptors (Lipinski definition) is 4. The molecule has 0 unspecified atom stereocenters. The van der Waals surface area contributed by atoms with Crippen LogP contribution >= 0.6 is 0 Å². The summed E-state index contributed by atoms with van der Waals surface area (Å²) in [5.74, 6) is -0.663. The van der Waals surface area contributed by atoms with Gasteiger partial charge < -0.3 is 9.47 Å². The second kappa shape index (κ2) is 9.63. The van der Waals surface area contributed by atoms with Gasteiger partial charge in [-0.1, -0.05) is 99.1 Å². The van der Waals surface area contributed by atoms with E-state index < -0.39 is 11.3 Å². The number of carbonyl (C=O) groups excluding carboxylic acids is 2. The van der Waals surface area contributed by atoms with Crippen molar-refractivity contribution in [3.63, 3.8) is 0 Å². The fourth-order valence-electron chi connectivity index (χ4n) is 3.90. The van der Waals surface area contributed by atoms with Gasteiger partial charge in [0.15, 0.2) is 11.4 Å². The van der Waals surface area contributed by atoms with Crippen LogP contribution in [-0.2, 0) is 19.1 Å². The summed E-state index contributed by atoms with van der Waals surface area (Å²) in [5, 5.41) is 0. The summed E-state index contributed by atoms with van der Waals surface area (Å²) in [6.45, 7) is 7.28. The molecule has 1 heterocycles. The number of benzene rings is 3. The number of ketones is 1. The molecular formula is C30H29NO4. The lowest BCUT2D eigenvalue weighted by atomic mass is 9.85. The van der Waals surface area contributed by atoms with Crippen LogP contribution in [-0.4, -0.2) is 18.8 Å². The molecule has 0 aliphatic carbocycles. The van der Waals surface area contributed by atoms with Crippen LogP contribution in [0.3, 0.4) is 0 Å². The Bertz CT molecular complexity index is 1260. The largest absolute Gasteiger partial charge is 0.468 e. The number of nitrogens with zero attached hydrogens (tertiary/aromatic N) is 1. The highest BCUT2D eigenvalue weighted by atomic mass is 16.7. The molecule has 1 aliphatic heterocycles. The smallest absolute Gasteiger partial charge is 0.302 e. The number of aryl methyl sites for hydroxylation is 1. The van der Waals surface area contributed by atoms with Gasteiger partial charge in [-0.2, -0.15) is 0 Å². The first-order valence-electron chi connectivity index (χ1n) is 11.5. The predicted octanol–water partition coefficient (Wildman–Crippen LogP) is 6.25. The molecule has 4 rings (SSSR count). The molecule has 0 atom stereocenters. The van der Waals surface area contributed by atoms with E-state index in [1.165, 1.54) is 12.0 Å². The SMILES string of the molecule is COC1=C(C(=O)C(C)(C)C)C(=O)N(c2ccc(C)cc2)C(=C(c2ccccc2)c2ccccc2)O1. The van der Waals surface area contributed by atoms with Crippen molar-refractivity contribution in [1.29, 1.82) is 0 Å². The maximum atomic E-state index is 14.1. The normalized spacial score (nSPS) is 14.0. The Labute approximate surface area is 206 Å². The summed E-state index contributed by atoms with van der Waals surface area (Å²) in [7, 11) is 1.41. The Morgan fingerprint density at radius 2 is 1.34 bits per heavy atom. The van der Waals surface area contributed by atoms with Crippen LogP contribution in [0.25, 0.3) is 5.57 Å². The highest BCUT2D eigenvalue weighted by Crippen LogP contribution is 2.39. The summed E-state index contributed by atoms with van der Waals surface area (Å²) in [6.07, 6.45) is 0. The Morgan fingerprint density at radius 1 is 0.829 bits per heavy atom. The molecule has 35 heavy (non-hydrogen) atoms. The van der Waals surface area contributed by atoms with E-state index in [4.69, 9.17) is 9.47 Å². The van der Waals surface area contributed by atoms with Crippen molar-refractivity contribution < 1.29 is 19.1 Å². The number of ether oxygens (including phenoxy) is 2. The zero-order chi connectivity index (χ0) is 25.2. The third-order valence-corrected chi connectivity index (χ3v) is 5.74. The van der Waals surface area contributed by atoms with Gasteiger partial charge in [0.05, 0.1) is 18.4 Å². The molecule has 5 heteroatoms. The van der Waals surface area contributed by atoms with E-state index >= 15 is 0 Å². The quantitative estimate of drug-likeness (QED) is 0.416. The topological polar surface area (TPSA) is 55.8 Å². The first kappa shape index (κ1) is 24.0. The van der Waals surface area contributed by atoms with Crippen molar-refractivity contribution in [2.24, 2.45) is 5.41 Å². The molecule has 0 aromatic heterocycles. The molecular weight excluding hydrogens is 438 g/mol. The van der Waals surface area contributed by atoms with Crippen LogP contribution in [0.2, 0.25) is 0 Å². The van der Waals surface area contributed by atoms with Crippen molar-refractivity contribution in [1.82, 2.24) is 0 Å². The molecule has 0 N–H and O–H groups in total. The van der Waals surface area contributed by atoms with Crippen molar-refractivity contribution in [2.45, 2.75) is 27.7 Å². The van der Waals surface area contributed by atoms with Gasteiger partial charge in [-0.25, -0.2) is 4.90 Å². The number of Topliss-reactive ketones (excluding diaryl/α,β-unsaturated/α-hetero) is 1. The fourth-order valence-corrected chi connectivity index (χ4v) is 3.90. The first-order valence-corrected chi connectivity index (χ1v) is 11.5. The van der Waals surface area contributed by atoms with Crippen molar-refractivity contribution in [3.8, 4) is 0 Å². The summed E-state index contributed by atoms with van der Waals surface area (Å²) < 4.78 is 11.8. The second-order valence-corrected chi connectivity index (χ2v) is 9.44. The predicted molar refractivity (Wildman–Crippen MR) is 137 cm³/mol. The zero-order valence-electron chi connectivity index (χ0n) is 20.7. The maximum absolute atomic E-state index is 14.1. The summed E-state index contributed by atoms with van der Waals surface area (Å²) >= 11 is 0. The molecule has 1 aliphatic rings. The molecule has 0 spiro atoms. The summed E-state index contributed by atoms with van der Waals surface area (Å²) in [4.78, 5) is 28.9. The Kier molecular flexibility index (Phi) is 6.61. The van der Waals surface area contributed by atoms with Gasteiger partial charge in [-0.05, 0) is 30.2 Å². The summed E-state index contributed by atoms with van der Waals surface area (Å²) in [6, 6.07) is 27.0. The zero-order valence-corrected chi connectivity index (χ0v) is 20.7. The van der Waals surface area contributed by atoms with E-state index in [1.54, 1.807) is 20.8 Å². The lowest BCUT2D eigenvalue weighted by Gasteiger charge is -2.34. The minimum atomic E-state index is -0.806. The van der Waals surface area contributed by atoms with E-state index in [0.29, 0.717) is 11.3 Å². The van der Waals surface area contributed by atoms with E-state index in [-0.39, 0.29) is 23.2 Å². The average Bonchev–Trinajstić information content (AvgIpc) is 2.85. The minimum Gasteiger partial charge on any atom is -0.468 e. The van der Waals surface area contributed by atoms with Crippen LogP contribution in [0.1, 0.15) is 37.5 Å². The molecule has 0 radical (unpaired) electrons. The highest BCUT2D eigenvalue weighted by Gasteiger charge is 2.43. The van der Waals surface area contributed by atoms with Crippen LogP contribution in [0.5, 0.6) is 0 Å². The molecule has 3 aromatic carbocycles. The van der Waals surface area contributed by atoms with Gasteiger partial charge in [0.25, 0.3) is 5.91 Å². The van der Waals surface area contributed by atoms with Gasteiger partial charge >= 0.3 is 5.95 Å². The maximum Gasteiger partial charge on any atom is 0.302 e. The Morgan fingerprint density at radius 3 is 1.80 bits per heavy atom. The lowest BCUT2D eigenvalue weighted by molar-refractivity contribution is -0.128. The van der Waals surface area contributed by atoms with Gasteiger partial charge in [-0.3, -0.25) is 9.59 Å². The number of methoxy groups -OCH3 is 1. The summed E-state index contributed by atoms with van der Waals surface area (Å²) in [5.41, 5.74) is 3.16. The molecule has 178 valence electrons. The van der Waals surface area contributed by atoms with Crippen LogP contribution in [0.4, 0.5) is 5.69 Å². The van der Waals surface area contributed by atoms with E-state index in [1.807, 2.05) is 91.9 Å². The standard InChI is InChI=1S/C30H29NO4/c1-20-16-18-23(19-17-20)31-27(33)25(26(32)30(2,3)4)29(34-5)35-28(31)24(21-12-8-6-9-13-21)22-14-10-7-11-15-22/h6-19H,1-5H3. The number of rotatable bonds is 5. The van der Waals surface area contributed by atoms with E-state index in [9.17, 15) is 9.59 Å². The van der Waals surface area contributed by atoms with E-state index in [2.05, 4.69) is 0 Å². The monoisotopic (exact) mass is 467 g/mol. The number of hydrogen-bond donors (Lipinski definition) is 0. The number of anilines is 1. The van der Waals surface area contributed by atoms with Gasteiger partial charge in [0.1, 0.15) is 0 Å². The van der Waals surface area contributed by atoms with Crippen LogP contribution in [0, 0.1) is 12.3 Å². The van der Waals surface area contributed by atoms with Gasteiger partial charge in [0, 0.05) is 5.41 Å². The molecule has 0 fully saturated rings. The van der Waals surface area contributed by atoms with Gasteiger partial charge in [0.2, 0.25) is 5.88 Å². The van der Waals surface area contributed by atoms with Gasteiger partial charge in [-0.15, -0.1) is 0 Å². The molecule has 3 aromatic rings. The lowest BCUT2D eigenvalue weighted by Crippen LogP contribution is -2.42. The third-order valence-electron chi connectivity index (χ3n) is 5.74. The van der Waals surface area contributed by atoms with Crippen LogP contribution in [0.15, 0.2) is 102 Å². The van der Waals surface area contributed by atoms with Crippen molar-refractivity contribution >= 4 is 23.0 Å². The molecule has 0 saturated heterocycles. The molecule has 1 amide bonds. The Balaban J connectivity index is 2.07. The first-order chi connectivity index (χ1) is 16.7. The average molecular weight is 468 g/mol. The molecule has 0 bridgehead atoms. The van der Waals surface area contributed by atoms with Crippen molar-refractivity contribution in [3.05, 3.63) is 119 Å². The highest BCUT2D eigenvalue weighted by molar-refractivity contribution is 6.27. The molecule has 0 saturated carbocycles. The molecule has 5 nitrogen and oxygen atoms in total. The minimum absolute atomic E-state index is 0.0994. The third kappa shape index (κ3) is 4.76. The second-order valence-electron chi connectivity index (χ2n) is 9.44. The Hall–Kier alpha value is -4.12.